The lowest BCUT2D eigenvalue weighted by Gasteiger charge is -2.14. The minimum atomic E-state index is -4.80. The Hall–Kier alpha value is -3.08. The van der Waals surface area contributed by atoms with E-state index in [1.54, 1.807) is 6.92 Å². The zero-order chi connectivity index (χ0) is 18.8. The van der Waals surface area contributed by atoms with Gasteiger partial charge in [0.1, 0.15) is 5.68 Å². The van der Waals surface area contributed by atoms with Crippen molar-refractivity contribution in [1.29, 1.82) is 5.26 Å². The fraction of sp³-hybridized carbons (Fsp3) is 0.118. The Morgan fingerprint density at radius 1 is 1.12 bits per heavy atom. The van der Waals surface area contributed by atoms with Gasteiger partial charge in [0.15, 0.2) is 7.85 Å². The quantitative estimate of drug-likeness (QED) is 0.869. The van der Waals surface area contributed by atoms with Gasteiger partial charge in [0.05, 0.1) is 17.2 Å². The lowest BCUT2D eigenvalue weighted by molar-refractivity contribution is -0.137. The van der Waals surface area contributed by atoms with Crippen LogP contribution in [0.2, 0.25) is 0 Å². The van der Waals surface area contributed by atoms with Crippen LogP contribution in [0.25, 0.3) is 0 Å². The largest absolute Gasteiger partial charge is 0.417 e. The topological polar surface area (TPSA) is 70.0 Å². The minimum absolute atomic E-state index is 0.133. The number of carbonyl (C=O) groups is 2. The van der Waals surface area contributed by atoms with Crippen LogP contribution in [0.3, 0.4) is 0 Å². The molecule has 2 radical (unpaired) electrons. The van der Waals surface area contributed by atoms with E-state index < -0.39 is 28.9 Å². The van der Waals surface area contributed by atoms with E-state index in [9.17, 15) is 22.8 Å². The Bertz CT molecular complexity index is 902. The molecule has 0 spiro atoms. The Morgan fingerprint density at radius 3 is 2.28 bits per heavy atom. The summed E-state index contributed by atoms with van der Waals surface area (Å²) < 4.78 is 39.1. The van der Waals surface area contributed by atoms with E-state index in [0.717, 1.165) is 12.1 Å². The van der Waals surface area contributed by atoms with Crippen molar-refractivity contribution in [1.82, 2.24) is 0 Å². The van der Waals surface area contributed by atoms with E-state index in [1.807, 2.05) is 6.07 Å². The van der Waals surface area contributed by atoms with Crippen LogP contribution in [0.4, 0.5) is 18.9 Å². The van der Waals surface area contributed by atoms with Gasteiger partial charge in [0.2, 0.25) is 0 Å². The second kappa shape index (κ2) is 6.81. The summed E-state index contributed by atoms with van der Waals surface area (Å²) in [5.74, 6) is -0.637. The summed E-state index contributed by atoms with van der Waals surface area (Å²) in [6.07, 6.45) is -4.80. The molecular weight excluding hydrogens is 332 g/mol. The van der Waals surface area contributed by atoms with Gasteiger partial charge in [-0.1, -0.05) is 0 Å². The molecule has 4 nitrogen and oxygen atoms in total. The zero-order valence-corrected chi connectivity index (χ0v) is 12.9. The molecule has 0 aliphatic rings. The maximum absolute atomic E-state index is 13.0. The smallest absolute Gasteiger partial charge is 0.322 e. The van der Waals surface area contributed by atoms with Gasteiger partial charge in [-0.25, -0.2) is 0 Å². The number of benzene rings is 2. The van der Waals surface area contributed by atoms with Crippen molar-refractivity contribution in [2.24, 2.45) is 0 Å². The maximum Gasteiger partial charge on any atom is 0.417 e. The number of aryl methyl sites for hydroxylation is 1. The first-order chi connectivity index (χ1) is 11.6. The molecule has 0 aliphatic heterocycles. The number of anilines is 1. The molecular formula is C17H10BF3N2O2. The Morgan fingerprint density at radius 2 is 1.76 bits per heavy atom. The van der Waals surface area contributed by atoms with E-state index in [-0.39, 0.29) is 11.3 Å². The van der Waals surface area contributed by atoms with Crippen molar-refractivity contribution >= 4 is 25.1 Å². The van der Waals surface area contributed by atoms with E-state index >= 15 is 0 Å². The van der Waals surface area contributed by atoms with E-state index in [0.29, 0.717) is 17.2 Å². The standard InChI is InChI=1S/C17H10BF3N2O2/c1-9-6-10(8-22)2-4-12(9)16(25)23-11-3-5-13(15(18)24)14(7-11)17(19,20)21/h2-7H,1H3,(H,23,25). The monoisotopic (exact) mass is 342 g/mol. The van der Waals surface area contributed by atoms with Crippen LogP contribution in [-0.2, 0) is 6.18 Å². The lowest BCUT2D eigenvalue weighted by Crippen LogP contribution is -2.17. The molecule has 0 saturated heterocycles. The molecule has 25 heavy (non-hydrogen) atoms. The number of carbonyl (C=O) groups excluding carboxylic acids is 2. The van der Waals surface area contributed by atoms with Crippen LogP contribution in [0.15, 0.2) is 36.4 Å². The minimum Gasteiger partial charge on any atom is -0.322 e. The van der Waals surface area contributed by atoms with E-state index in [2.05, 4.69) is 5.32 Å². The molecule has 0 unspecified atom stereocenters. The Labute approximate surface area is 142 Å². The van der Waals surface area contributed by atoms with Crippen molar-refractivity contribution in [3.05, 3.63) is 64.2 Å². The number of hydrogen-bond acceptors (Lipinski definition) is 3. The number of halogens is 3. The number of alkyl halides is 3. The average molecular weight is 342 g/mol. The summed E-state index contributed by atoms with van der Waals surface area (Å²) in [5, 5.41) is 11.2. The summed E-state index contributed by atoms with van der Waals surface area (Å²) in [6, 6.07) is 8.97. The third-order valence-corrected chi connectivity index (χ3v) is 3.45. The number of nitrogens with zero attached hydrogens (tertiary/aromatic N) is 1. The van der Waals surface area contributed by atoms with Crippen LogP contribution >= 0.6 is 0 Å². The van der Waals surface area contributed by atoms with Crippen molar-refractivity contribution in [3.8, 4) is 6.07 Å². The lowest BCUT2D eigenvalue weighted by atomic mass is 9.90. The normalized spacial score (nSPS) is 10.8. The number of hydrogen-bond donors (Lipinski definition) is 1. The summed E-state index contributed by atoms with van der Waals surface area (Å²) in [7, 11) is 4.95. The Balaban J connectivity index is 2.36. The molecule has 0 aliphatic carbocycles. The van der Waals surface area contributed by atoms with Crippen molar-refractivity contribution in [3.63, 3.8) is 0 Å². The molecule has 0 aromatic heterocycles. The molecule has 2 rings (SSSR count). The number of nitriles is 1. The van der Waals surface area contributed by atoms with Crippen LogP contribution < -0.4 is 5.32 Å². The molecule has 1 N–H and O–H groups in total. The summed E-state index contributed by atoms with van der Waals surface area (Å²) in [6.45, 7) is 1.60. The molecule has 8 heteroatoms. The summed E-state index contributed by atoms with van der Waals surface area (Å²) >= 11 is 0. The molecule has 0 heterocycles. The highest BCUT2D eigenvalue weighted by Gasteiger charge is 2.34. The van der Waals surface area contributed by atoms with Gasteiger partial charge in [0, 0.05) is 16.8 Å². The van der Waals surface area contributed by atoms with Gasteiger partial charge in [0.25, 0.3) is 5.91 Å². The van der Waals surface area contributed by atoms with Crippen molar-refractivity contribution in [2.45, 2.75) is 13.1 Å². The molecule has 1 amide bonds. The van der Waals surface area contributed by atoms with E-state index in [1.165, 1.54) is 18.2 Å². The van der Waals surface area contributed by atoms with Crippen LogP contribution in [0.5, 0.6) is 0 Å². The second-order valence-corrected chi connectivity index (χ2v) is 5.22. The third-order valence-electron chi connectivity index (χ3n) is 3.45. The second-order valence-electron chi connectivity index (χ2n) is 5.22. The fourth-order valence-electron chi connectivity index (χ4n) is 2.26. The highest BCUT2D eigenvalue weighted by Crippen LogP contribution is 2.34. The van der Waals surface area contributed by atoms with Gasteiger partial charge in [-0.05, 0) is 48.9 Å². The maximum atomic E-state index is 13.0. The van der Waals surface area contributed by atoms with Crippen molar-refractivity contribution < 1.29 is 22.8 Å². The molecule has 2 aromatic carbocycles. The predicted molar refractivity (Wildman–Crippen MR) is 85.4 cm³/mol. The van der Waals surface area contributed by atoms with Gasteiger partial charge in [-0.3, -0.25) is 4.79 Å². The first-order valence-electron chi connectivity index (χ1n) is 6.96. The molecule has 0 fully saturated rings. The number of amides is 1. The average Bonchev–Trinajstić information content (AvgIpc) is 2.53. The predicted octanol–water partition coefficient (Wildman–Crippen LogP) is 3.45. The highest BCUT2D eigenvalue weighted by atomic mass is 19.4. The van der Waals surface area contributed by atoms with Gasteiger partial charge in [-0.15, -0.1) is 0 Å². The van der Waals surface area contributed by atoms with Crippen LogP contribution in [0, 0.1) is 18.3 Å². The first kappa shape index (κ1) is 18.3. The molecule has 0 saturated carbocycles. The van der Waals surface area contributed by atoms with Gasteiger partial charge >= 0.3 is 6.18 Å². The SMILES string of the molecule is [B]C(=O)c1ccc(NC(=O)c2ccc(C#N)cc2C)cc1C(F)(F)F. The fourth-order valence-corrected chi connectivity index (χ4v) is 2.26. The van der Waals surface area contributed by atoms with Crippen LogP contribution in [0.1, 0.15) is 37.4 Å². The molecule has 2 aromatic rings. The number of rotatable bonds is 3. The Kier molecular flexibility index (Phi) is 4.98. The van der Waals surface area contributed by atoms with E-state index in [4.69, 9.17) is 13.1 Å². The highest BCUT2D eigenvalue weighted by molar-refractivity contribution is 6.62. The molecule has 0 bridgehead atoms. The van der Waals surface area contributed by atoms with Crippen molar-refractivity contribution in [2.75, 3.05) is 5.32 Å². The summed E-state index contributed by atoms with van der Waals surface area (Å²) in [4.78, 5) is 23.4. The number of nitrogens with one attached hydrogen (secondary N) is 1. The van der Waals surface area contributed by atoms with Gasteiger partial charge in [-0.2, -0.15) is 18.4 Å². The summed E-state index contributed by atoms with van der Waals surface area (Å²) in [5.41, 5.74) is -2.18. The molecule has 124 valence electrons. The molecule has 0 atom stereocenters. The third kappa shape index (κ3) is 4.07. The van der Waals surface area contributed by atoms with Gasteiger partial charge < -0.3 is 10.1 Å². The first-order valence-corrected chi connectivity index (χ1v) is 6.96. The van der Waals surface area contributed by atoms with Crippen LogP contribution in [-0.4, -0.2) is 19.4 Å². The zero-order valence-electron chi connectivity index (χ0n) is 12.9.